The molecule has 0 heterocycles. The second-order valence-electron chi connectivity index (χ2n) is 6.52. The highest BCUT2D eigenvalue weighted by Gasteiger charge is 2.27. The molecule has 0 aliphatic heterocycles. The SMILES string of the molecule is COc1ccc(C[C@@H](NC(=O)C2CCCCC2)C(=O)O)c(OC)c1C. The Balaban J connectivity index is 2.15. The van der Waals surface area contributed by atoms with E-state index in [1.54, 1.807) is 26.4 Å². The summed E-state index contributed by atoms with van der Waals surface area (Å²) in [7, 11) is 3.12. The maximum absolute atomic E-state index is 12.4. The van der Waals surface area contributed by atoms with Crippen molar-refractivity contribution in [3.63, 3.8) is 0 Å². The first kappa shape index (κ1) is 19.1. The van der Waals surface area contributed by atoms with E-state index in [2.05, 4.69) is 5.32 Å². The van der Waals surface area contributed by atoms with Gasteiger partial charge in [0.1, 0.15) is 17.5 Å². The van der Waals surface area contributed by atoms with Crippen molar-refractivity contribution < 1.29 is 24.2 Å². The third kappa shape index (κ3) is 4.65. The molecule has 1 aliphatic rings. The molecule has 0 radical (unpaired) electrons. The number of methoxy groups -OCH3 is 2. The van der Waals surface area contributed by atoms with Crippen molar-refractivity contribution >= 4 is 11.9 Å². The van der Waals surface area contributed by atoms with Crippen LogP contribution in [0.5, 0.6) is 11.5 Å². The zero-order valence-corrected chi connectivity index (χ0v) is 15.1. The molecule has 1 saturated carbocycles. The van der Waals surface area contributed by atoms with E-state index in [-0.39, 0.29) is 18.2 Å². The number of hydrogen-bond acceptors (Lipinski definition) is 4. The van der Waals surface area contributed by atoms with E-state index >= 15 is 0 Å². The maximum Gasteiger partial charge on any atom is 0.326 e. The van der Waals surface area contributed by atoms with Gasteiger partial charge in [-0.2, -0.15) is 0 Å². The standard InChI is InChI=1S/C19H27NO5/c1-12-16(24-2)10-9-14(17(12)25-3)11-15(19(22)23)20-18(21)13-7-5-4-6-8-13/h9-10,13,15H,4-8,11H2,1-3H3,(H,20,21)(H,22,23)/t15-/m1/s1. The van der Waals surface area contributed by atoms with Crippen molar-refractivity contribution in [2.45, 2.75) is 51.5 Å². The van der Waals surface area contributed by atoms with Crippen LogP contribution in [0, 0.1) is 12.8 Å². The molecule has 25 heavy (non-hydrogen) atoms. The summed E-state index contributed by atoms with van der Waals surface area (Å²) >= 11 is 0. The summed E-state index contributed by atoms with van der Waals surface area (Å²) < 4.78 is 10.7. The third-order valence-electron chi connectivity index (χ3n) is 4.88. The molecule has 1 amide bonds. The van der Waals surface area contributed by atoms with Crippen molar-refractivity contribution in [3.8, 4) is 11.5 Å². The number of carboxylic acid groups (broad SMARTS) is 1. The van der Waals surface area contributed by atoms with Crippen molar-refractivity contribution in [2.75, 3.05) is 14.2 Å². The third-order valence-corrected chi connectivity index (χ3v) is 4.88. The average molecular weight is 349 g/mol. The fourth-order valence-corrected chi connectivity index (χ4v) is 3.47. The molecule has 0 spiro atoms. The zero-order chi connectivity index (χ0) is 18.4. The van der Waals surface area contributed by atoms with Crippen LogP contribution in [0.15, 0.2) is 12.1 Å². The first-order chi connectivity index (χ1) is 12.0. The second-order valence-corrected chi connectivity index (χ2v) is 6.52. The number of hydrogen-bond donors (Lipinski definition) is 2. The Labute approximate surface area is 148 Å². The molecule has 0 unspecified atom stereocenters. The number of aliphatic carboxylic acids is 1. The maximum atomic E-state index is 12.4. The highest BCUT2D eigenvalue weighted by atomic mass is 16.5. The van der Waals surface area contributed by atoms with E-state index in [1.807, 2.05) is 6.92 Å². The molecular weight excluding hydrogens is 322 g/mol. The molecule has 0 aromatic heterocycles. The Kier molecular flexibility index (Phi) is 6.67. The van der Waals surface area contributed by atoms with Crippen LogP contribution in [0.4, 0.5) is 0 Å². The Morgan fingerprint density at radius 3 is 2.44 bits per heavy atom. The summed E-state index contributed by atoms with van der Waals surface area (Å²) in [5.74, 6) is 0.00214. The molecule has 2 N–H and O–H groups in total. The van der Waals surface area contributed by atoms with E-state index in [0.717, 1.165) is 43.2 Å². The molecule has 2 rings (SSSR count). The minimum atomic E-state index is -1.04. The van der Waals surface area contributed by atoms with Crippen LogP contribution in [-0.4, -0.2) is 37.2 Å². The predicted octanol–water partition coefficient (Wildman–Crippen LogP) is 2.70. The molecule has 1 fully saturated rings. The first-order valence-corrected chi connectivity index (χ1v) is 8.71. The summed E-state index contributed by atoms with van der Waals surface area (Å²) in [5.41, 5.74) is 1.54. The minimum absolute atomic E-state index is 0.0740. The van der Waals surface area contributed by atoms with Gasteiger partial charge < -0.3 is 19.9 Å². The largest absolute Gasteiger partial charge is 0.496 e. The molecule has 0 bridgehead atoms. The van der Waals surface area contributed by atoms with Gasteiger partial charge in [0.05, 0.1) is 14.2 Å². The number of carboxylic acids is 1. The van der Waals surface area contributed by atoms with Gasteiger partial charge in [0.2, 0.25) is 5.91 Å². The summed E-state index contributed by atoms with van der Waals surface area (Å²) in [6, 6.07) is 2.60. The normalized spacial score (nSPS) is 16.1. The van der Waals surface area contributed by atoms with Gasteiger partial charge in [-0.3, -0.25) is 4.79 Å². The lowest BCUT2D eigenvalue weighted by Crippen LogP contribution is -2.45. The number of carbonyl (C=O) groups is 2. The Bertz CT molecular complexity index is 622. The smallest absolute Gasteiger partial charge is 0.326 e. The highest BCUT2D eigenvalue weighted by molar-refractivity contribution is 5.85. The van der Waals surface area contributed by atoms with Gasteiger partial charge in [0.25, 0.3) is 0 Å². The highest BCUT2D eigenvalue weighted by Crippen LogP contribution is 2.32. The van der Waals surface area contributed by atoms with Gasteiger partial charge in [-0.15, -0.1) is 0 Å². The fourth-order valence-electron chi connectivity index (χ4n) is 3.47. The molecule has 138 valence electrons. The Morgan fingerprint density at radius 2 is 1.88 bits per heavy atom. The van der Waals surface area contributed by atoms with Gasteiger partial charge in [0, 0.05) is 17.9 Å². The lowest BCUT2D eigenvalue weighted by Gasteiger charge is -2.24. The van der Waals surface area contributed by atoms with Crippen LogP contribution in [0.2, 0.25) is 0 Å². The average Bonchev–Trinajstić information content (AvgIpc) is 2.62. The van der Waals surface area contributed by atoms with Gasteiger partial charge in [0.15, 0.2) is 0 Å². The Hall–Kier alpha value is -2.24. The molecule has 1 atom stereocenters. The van der Waals surface area contributed by atoms with E-state index in [1.165, 1.54) is 0 Å². The van der Waals surface area contributed by atoms with E-state index in [4.69, 9.17) is 9.47 Å². The van der Waals surface area contributed by atoms with Gasteiger partial charge in [-0.05, 0) is 31.4 Å². The minimum Gasteiger partial charge on any atom is -0.496 e. The van der Waals surface area contributed by atoms with Gasteiger partial charge >= 0.3 is 5.97 Å². The molecule has 1 aromatic rings. The number of rotatable bonds is 7. The number of ether oxygens (including phenoxy) is 2. The van der Waals surface area contributed by atoms with Crippen LogP contribution in [0.25, 0.3) is 0 Å². The van der Waals surface area contributed by atoms with Crippen LogP contribution < -0.4 is 14.8 Å². The van der Waals surface area contributed by atoms with E-state index in [0.29, 0.717) is 11.5 Å². The topological polar surface area (TPSA) is 84.9 Å². The molecule has 6 nitrogen and oxygen atoms in total. The first-order valence-electron chi connectivity index (χ1n) is 8.71. The molecular formula is C19H27NO5. The molecule has 1 aromatic carbocycles. The molecule has 6 heteroatoms. The lowest BCUT2D eigenvalue weighted by atomic mass is 9.88. The number of amides is 1. The lowest BCUT2D eigenvalue weighted by molar-refractivity contribution is -0.142. The van der Waals surface area contributed by atoms with Crippen molar-refractivity contribution in [1.29, 1.82) is 0 Å². The number of carbonyl (C=O) groups excluding carboxylic acids is 1. The second kappa shape index (κ2) is 8.74. The van der Waals surface area contributed by atoms with E-state index in [9.17, 15) is 14.7 Å². The summed E-state index contributed by atoms with van der Waals surface area (Å²) in [6.45, 7) is 1.86. The predicted molar refractivity (Wildman–Crippen MR) is 94.1 cm³/mol. The number of benzene rings is 1. The molecule has 1 aliphatic carbocycles. The van der Waals surface area contributed by atoms with Crippen molar-refractivity contribution in [2.24, 2.45) is 5.92 Å². The van der Waals surface area contributed by atoms with E-state index < -0.39 is 12.0 Å². The summed E-state index contributed by atoms with van der Waals surface area (Å²) in [4.78, 5) is 24.0. The van der Waals surface area contributed by atoms with Gasteiger partial charge in [-0.1, -0.05) is 25.3 Å². The van der Waals surface area contributed by atoms with Crippen molar-refractivity contribution in [3.05, 3.63) is 23.3 Å². The molecule has 0 saturated heterocycles. The van der Waals surface area contributed by atoms with Crippen LogP contribution in [-0.2, 0) is 16.0 Å². The monoisotopic (exact) mass is 349 g/mol. The van der Waals surface area contributed by atoms with Crippen LogP contribution >= 0.6 is 0 Å². The van der Waals surface area contributed by atoms with Crippen LogP contribution in [0.3, 0.4) is 0 Å². The summed E-state index contributed by atoms with van der Waals surface area (Å²) in [6.07, 6.45) is 5.05. The van der Waals surface area contributed by atoms with Gasteiger partial charge in [-0.25, -0.2) is 4.79 Å². The zero-order valence-electron chi connectivity index (χ0n) is 15.1. The van der Waals surface area contributed by atoms with Crippen LogP contribution in [0.1, 0.15) is 43.2 Å². The Morgan fingerprint density at radius 1 is 1.20 bits per heavy atom. The van der Waals surface area contributed by atoms with Crippen molar-refractivity contribution in [1.82, 2.24) is 5.32 Å². The quantitative estimate of drug-likeness (QED) is 0.790. The number of nitrogens with one attached hydrogen (secondary N) is 1. The fraction of sp³-hybridized carbons (Fsp3) is 0.579. The summed E-state index contributed by atoms with van der Waals surface area (Å²) in [5, 5.41) is 12.2.